The molecule has 14 nitrogen and oxygen atoms in total. The number of halogens is 1. The van der Waals surface area contributed by atoms with Gasteiger partial charge in [-0.1, -0.05) is 43.2 Å². The molecule has 8 rings (SSSR count). The number of anilines is 2. The second-order valence-corrected chi connectivity index (χ2v) is 20.3. The van der Waals surface area contributed by atoms with Gasteiger partial charge in [0, 0.05) is 80.4 Å². The third kappa shape index (κ3) is 10.2. The van der Waals surface area contributed by atoms with Crippen LogP contribution in [0.15, 0.2) is 95.7 Å². The summed E-state index contributed by atoms with van der Waals surface area (Å²) in [6.45, 7) is 9.84. The van der Waals surface area contributed by atoms with Gasteiger partial charge < -0.3 is 24.7 Å². The van der Waals surface area contributed by atoms with Crippen molar-refractivity contribution in [3.05, 3.63) is 117 Å². The van der Waals surface area contributed by atoms with E-state index in [1.54, 1.807) is 30.5 Å². The van der Waals surface area contributed by atoms with Gasteiger partial charge in [-0.3, -0.25) is 19.8 Å². The Bertz CT molecular complexity index is 2660. The van der Waals surface area contributed by atoms with Gasteiger partial charge in [0.15, 0.2) is 0 Å². The van der Waals surface area contributed by atoms with E-state index in [0.717, 1.165) is 87.0 Å². The summed E-state index contributed by atoms with van der Waals surface area (Å²) in [6.07, 6.45) is 8.06. The summed E-state index contributed by atoms with van der Waals surface area (Å²) in [4.78, 5) is 37.4. The number of aromatic amines is 1. The Kier molecular flexibility index (Phi) is 12.7. The van der Waals surface area contributed by atoms with Crippen molar-refractivity contribution in [3.8, 4) is 11.5 Å². The highest BCUT2D eigenvalue weighted by molar-refractivity contribution is 7.90. The standard InChI is InChI=1S/C45H52B2ClN7O7S/c1-44(2)15-11-31(38(26-44)29-3-5-33(48)6-4-29)28-53-17-19-54(20-18-53)34-7-9-37(41(24-34)62-35-23-30-12-16-49-42(30)50-27-35)43(56)52-63(59,60)36-8-10-39(40(25-36)55(57)58)51-45(46,47)32-13-21-61-22-14-32/h3-10,12,16,23-25,27,32,51H,11,13-15,17-22,26,28,46-47H2,1-2H3,(H,49,50)(H,52,56). The first kappa shape index (κ1) is 44.3. The van der Waals surface area contributed by atoms with Crippen LogP contribution in [-0.2, 0) is 14.8 Å². The topological polar surface area (TPSA) is 172 Å². The zero-order chi connectivity index (χ0) is 44.5. The number of hydrogen-bond donors (Lipinski definition) is 3. The highest BCUT2D eigenvalue weighted by Gasteiger charge is 2.34. The van der Waals surface area contributed by atoms with Gasteiger partial charge in [-0.15, -0.1) is 0 Å². The number of benzene rings is 3. The van der Waals surface area contributed by atoms with Crippen LogP contribution >= 0.6 is 11.6 Å². The molecule has 2 fully saturated rings. The Morgan fingerprint density at radius 3 is 2.52 bits per heavy atom. The molecule has 0 spiro atoms. The maximum Gasteiger partial charge on any atom is 0.293 e. The van der Waals surface area contributed by atoms with Crippen molar-refractivity contribution in [3.63, 3.8) is 0 Å². The molecule has 0 radical (unpaired) electrons. The number of carbonyl (C=O) groups excluding carboxylic acids is 1. The number of pyridine rings is 1. The van der Waals surface area contributed by atoms with Crippen LogP contribution in [-0.4, -0.2) is 101 Å². The van der Waals surface area contributed by atoms with Gasteiger partial charge in [0.1, 0.15) is 38.5 Å². The van der Waals surface area contributed by atoms with Crippen LogP contribution in [0.3, 0.4) is 0 Å². The van der Waals surface area contributed by atoms with Crippen LogP contribution in [0.1, 0.15) is 61.9 Å². The number of fused-ring (bicyclic) bond motifs is 1. The van der Waals surface area contributed by atoms with Gasteiger partial charge in [-0.05, 0) is 108 Å². The van der Waals surface area contributed by atoms with E-state index in [0.29, 0.717) is 24.6 Å². The monoisotopic (exact) mass is 891 g/mol. The Morgan fingerprint density at radius 2 is 1.79 bits per heavy atom. The number of nitro groups is 1. The number of ether oxygens (including phenoxy) is 2. The van der Waals surface area contributed by atoms with Crippen molar-refractivity contribution < 1.29 is 27.6 Å². The first-order valence-corrected chi connectivity index (χ1v) is 23.3. The molecule has 328 valence electrons. The van der Waals surface area contributed by atoms with Crippen molar-refractivity contribution in [2.45, 2.75) is 56.2 Å². The third-order valence-corrected chi connectivity index (χ3v) is 14.3. The normalized spacial score (nSPS) is 17.7. The second kappa shape index (κ2) is 18.0. The zero-order valence-corrected chi connectivity index (χ0v) is 37.7. The highest BCUT2D eigenvalue weighted by atomic mass is 35.5. The number of sulfonamides is 1. The van der Waals surface area contributed by atoms with Crippen molar-refractivity contribution in [2.24, 2.45) is 11.3 Å². The minimum absolute atomic E-state index is 0.0389. The average molecular weight is 892 g/mol. The number of allylic oxidation sites excluding steroid dienone is 1. The van der Waals surface area contributed by atoms with E-state index in [4.69, 9.17) is 21.1 Å². The molecule has 4 heterocycles. The van der Waals surface area contributed by atoms with Crippen molar-refractivity contribution >= 4 is 76.9 Å². The van der Waals surface area contributed by atoms with E-state index in [9.17, 15) is 23.3 Å². The Labute approximate surface area is 374 Å². The highest BCUT2D eigenvalue weighted by Crippen LogP contribution is 2.44. The van der Waals surface area contributed by atoms with Gasteiger partial charge in [-0.2, -0.15) is 0 Å². The Morgan fingerprint density at radius 1 is 1.05 bits per heavy atom. The number of piperazine rings is 1. The number of nitrogens with one attached hydrogen (secondary N) is 3. The van der Waals surface area contributed by atoms with Crippen LogP contribution in [0.4, 0.5) is 17.1 Å². The number of H-pyrrole nitrogens is 1. The average Bonchev–Trinajstić information content (AvgIpc) is 3.73. The molecule has 2 aliphatic heterocycles. The summed E-state index contributed by atoms with van der Waals surface area (Å²) in [5.41, 5.74) is 5.52. The number of carbonyl (C=O) groups is 1. The number of hydrogen-bond acceptors (Lipinski definition) is 11. The first-order valence-electron chi connectivity index (χ1n) is 21.4. The first-order chi connectivity index (χ1) is 30.0. The number of amides is 1. The van der Waals surface area contributed by atoms with Crippen molar-refractivity contribution in [2.75, 3.05) is 56.2 Å². The second-order valence-electron chi connectivity index (χ2n) is 18.2. The molecular weight excluding hydrogens is 840 g/mol. The predicted molar refractivity (Wildman–Crippen MR) is 252 cm³/mol. The van der Waals surface area contributed by atoms with E-state index in [-0.39, 0.29) is 28.3 Å². The van der Waals surface area contributed by atoms with Crippen LogP contribution < -0.4 is 19.7 Å². The van der Waals surface area contributed by atoms with E-state index < -0.39 is 36.8 Å². The van der Waals surface area contributed by atoms with Gasteiger partial charge in [0.05, 0.1) is 21.6 Å². The molecule has 2 saturated heterocycles. The van der Waals surface area contributed by atoms with Crippen LogP contribution in [0.5, 0.6) is 11.5 Å². The number of rotatable bonds is 13. The van der Waals surface area contributed by atoms with Gasteiger partial charge in [0.25, 0.3) is 21.6 Å². The molecule has 0 saturated carbocycles. The summed E-state index contributed by atoms with van der Waals surface area (Å²) in [5, 5.41) is 16.5. The molecule has 5 aromatic rings. The van der Waals surface area contributed by atoms with Crippen molar-refractivity contribution in [1.29, 1.82) is 0 Å². The molecule has 3 aromatic carbocycles. The van der Waals surface area contributed by atoms with Crippen LogP contribution in [0, 0.1) is 21.4 Å². The maximum atomic E-state index is 14.0. The third-order valence-electron chi connectivity index (χ3n) is 12.7. The van der Waals surface area contributed by atoms with Gasteiger partial charge in [0.2, 0.25) is 0 Å². The fraction of sp³-hybridized carbons (Fsp3) is 0.378. The lowest BCUT2D eigenvalue weighted by Crippen LogP contribution is -2.49. The molecule has 2 aromatic heterocycles. The minimum Gasteiger partial charge on any atom is -0.455 e. The van der Waals surface area contributed by atoms with E-state index in [1.165, 1.54) is 35.0 Å². The molecule has 0 atom stereocenters. The quantitative estimate of drug-likeness (QED) is 0.0663. The lowest BCUT2D eigenvalue weighted by atomic mass is 9.53. The molecule has 3 aliphatic rings. The smallest absolute Gasteiger partial charge is 0.293 e. The van der Waals surface area contributed by atoms with Crippen LogP contribution in [0.25, 0.3) is 16.6 Å². The number of nitro benzene ring substituents is 1. The zero-order valence-electron chi connectivity index (χ0n) is 36.1. The summed E-state index contributed by atoms with van der Waals surface area (Å²) in [5.74, 6) is -0.289. The van der Waals surface area contributed by atoms with Crippen molar-refractivity contribution in [1.82, 2.24) is 19.6 Å². The van der Waals surface area contributed by atoms with E-state index in [2.05, 4.69) is 55.8 Å². The molecule has 1 aliphatic carbocycles. The van der Waals surface area contributed by atoms with Gasteiger partial charge in [-0.25, -0.2) is 18.1 Å². The molecule has 0 bridgehead atoms. The predicted octanol–water partition coefficient (Wildman–Crippen LogP) is 6.58. The van der Waals surface area contributed by atoms with Crippen LogP contribution in [0.2, 0.25) is 5.02 Å². The fourth-order valence-electron chi connectivity index (χ4n) is 9.02. The summed E-state index contributed by atoms with van der Waals surface area (Å²) in [6, 6.07) is 20.5. The lowest BCUT2D eigenvalue weighted by molar-refractivity contribution is -0.384. The fourth-order valence-corrected chi connectivity index (χ4v) is 10.1. The molecule has 63 heavy (non-hydrogen) atoms. The SMILES string of the molecule is BC(B)(Nc1ccc(S(=O)(=O)NC(=O)c2ccc(N3CCN(CC4=C(c5ccc(Cl)cc5)CC(C)(C)CC4)CC3)cc2Oc2cnc3[nH]ccc3c2)cc1[N+](=O)[O-])C1CCOCC1. The molecular formula is C45H52B2ClN7O7S. The summed E-state index contributed by atoms with van der Waals surface area (Å²) in [7, 11) is -0.655. The molecule has 3 N–H and O–H groups in total. The molecule has 18 heteroatoms. The summed E-state index contributed by atoms with van der Waals surface area (Å²) >= 11 is 6.25. The van der Waals surface area contributed by atoms with E-state index >= 15 is 0 Å². The minimum atomic E-state index is -4.58. The molecule has 0 unspecified atom stereocenters. The summed E-state index contributed by atoms with van der Waals surface area (Å²) < 4.78 is 41.5. The van der Waals surface area contributed by atoms with E-state index in [1.807, 2.05) is 33.9 Å². The number of nitrogens with zero attached hydrogens (tertiary/aromatic N) is 4. The molecule has 1 amide bonds. The Balaban J connectivity index is 1.01. The van der Waals surface area contributed by atoms with Gasteiger partial charge >= 0.3 is 0 Å². The lowest BCUT2D eigenvalue weighted by Gasteiger charge is -2.39. The maximum absolute atomic E-state index is 14.0. The number of aromatic nitrogens is 2. The largest absolute Gasteiger partial charge is 0.455 e. The Hall–Kier alpha value is -5.35.